The van der Waals surface area contributed by atoms with Gasteiger partial charge in [0.15, 0.2) is 6.61 Å². The molecule has 116 valence electrons. The zero-order valence-electron chi connectivity index (χ0n) is 12.6. The van der Waals surface area contributed by atoms with Crippen LogP contribution in [-0.2, 0) is 16.1 Å². The predicted molar refractivity (Wildman–Crippen MR) is 81.3 cm³/mol. The van der Waals surface area contributed by atoms with E-state index >= 15 is 0 Å². The van der Waals surface area contributed by atoms with Crippen molar-refractivity contribution >= 4 is 5.91 Å². The van der Waals surface area contributed by atoms with Gasteiger partial charge in [-0.25, -0.2) is 0 Å². The molecule has 5 heteroatoms. The molecule has 1 fully saturated rings. The van der Waals surface area contributed by atoms with Crippen molar-refractivity contribution in [2.45, 2.75) is 32.4 Å². The van der Waals surface area contributed by atoms with Crippen LogP contribution < -0.4 is 15.4 Å². The number of benzene rings is 1. The van der Waals surface area contributed by atoms with Gasteiger partial charge >= 0.3 is 0 Å². The highest BCUT2D eigenvalue weighted by molar-refractivity contribution is 5.77. The summed E-state index contributed by atoms with van der Waals surface area (Å²) in [5.74, 6) is 0.649. The Hall–Kier alpha value is -1.59. The molecule has 0 aliphatic carbocycles. The van der Waals surface area contributed by atoms with E-state index in [1.165, 1.54) is 5.56 Å². The maximum atomic E-state index is 11.8. The summed E-state index contributed by atoms with van der Waals surface area (Å²) in [6, 6.07) is 8.03. The second-order valence-corrected chi connectivity index (χ2v) is 5.17. The largest absolute Gasteiger partial charge is 0.484 e. The van der Waals surface area contributed by atoms with Gasteiger partial charge in [-0.3, -0.25) is 4.79 Å². The minimum atomic E-state index is -0.0707. The van der Waals surface area contributed by atoms with Crippen molar-refractivity contribution in [3.8, 4) is 5.75 Å². The molecule has 0 unspecified atom stereocenters. The highest BCUT2D eigenvalue weighted by Gasteiger charge is 2.16. The number of carbonyl (C=O) groups is 1. The van der Waals surface area contributed by atoms with Gasteiger partial charge in [-0.05, 0) is 37.1 Å². The lowest BCUT2D eigenvalue weighted by Gasteiger charge is -2.23. The van der Waals surface area contributed by atoms with Crippen LogP contribution in [0.25, 0.3) is 0 Å². The van der Waals surface area contributed by atoms with Crippen LogP contribution in [0.2, 0.25) is 0 Å². The zero-order chi connectivity index (χ0) is 14.9. The number of amides is 1. The first-order valence-electron chi connectivity index (χ1n) is 7.57. The van der Waals surface area contributed by atoms with E-state index in [4.69, 9.17) is 9.47 Å². The number of nitrogens with one attached hydrogen (secondary N) is 2. The van der Waals surface area contributed by atoms with Crippen LogP contribution in [-0.4, -0.2) is 38.3 Å². The summed E-state index contributed by atoms with van der Waals surface area (Å²) in [5, 5.41) is 6.24. The molecule has 1 aromatic carbocycles. The molecular weight excluding hydrogens is 268 g/mol. The second-order valence-electron chi connectivity index (χ2n) is 5.17. The highest BCUT2D eigenvalue weighted by Crippen LogP contribution is 2.12. The number of hydrogen-bond acceptors (Lipinski definition) is 4. The third-order valence-electron chi connectivity index (χ3n) is 3.46. The Bertz CT molecular complexity index is 428. The molecule has 1 aliphatic rings. The molecule has 0 bridgehead atoms. The Balaban J connectivity index is 1.70. The quantitative estimate of drug-likeness (QED) is 0.799. The van der Waals surface area contributed by atoms with E-state index in [1.54, 1.807) is 0 Å². The van der Waals surface area contributed by atoms with E-state index in [1.807, 2.05) is 24.3 Å². The molecule has 1 aromatic rings. The van der Waals surface area contributed by atoms with E-state index in [-0.39, 0.29) is 18.6 Å². The fourth-order valence-electron chi connectivity index (χ4n) is 2.23. The monoisotopic (exact) mass is 292 g/mol. The fraction of sp³-hybridized carbons (Fsp3) is 0.562. The van der Waals surface area contributed by atoms with Crippen LogP contribution in [0.5, 0.6) is 5.75 Å². The zero-order valence-corrected chi connectivity index (χ0v) is 12.6. The molecular formula is C16H24N2O3. The Morgan fingerprint density at radius 2 is 2.00 bits per heavy atom. The standard InChI is InChI=1S/C16H24N2O3/c1-2-17-11-13-3-5-15(6-4-13)21-12-16(19)18-14-7-9-20-10-8-14/h3-6,14,17H,2,7-12H2,1H3,(H,18,19). The molecule has 2 rings (SSSR count). The van der Waals surface area contributed by atoms with Crippen molar-refractivity contribution in [2.75, 3.05) is 26.4 Å². The molecule has 1 amide bonds. The first-order chi connectivity index (χ1) is 10.3. The van der Waals surface area contributed by atoms with Gasteiger partial charge in [0, 0.05) is 25.8 Å². The van der Waals surface area contributed by atoms with Crippen molar-refractivity contribution in [1.82, 2.24) is 10.6 Å². The van der Waals surface area contributed by atoms with Crippen LogP contribution >= 0.6 is 0 Å². The second kappa shape index (κ2) is 8.64. The minimum Gasteiger partial charge on any atom is -0.484 e. The average Bonchev–Trinajstić information content (AvgIpc) is 2.53. The maximum absolute atomic E-state index is 11.8. The molecule has 21 heavy (non-hydrogen) atoms. The number of carbonyl (C=O) groups excluding carboxylic acids is 1. The van der Waals surface area contributed by atoms with Gasteiger partial charge in [0.05, 0.1) is 0 Å². The molecule has 0 saturated carbocycles. The van der Waals surface area contributed by atoms with Gasteiger partial charge in [0.2, 0.25) is 0 Å². The van der Waals surface area contributed by atoms with E-state index < -0.39 is 0 Å². The van der Waals surface area contributed by atoms with Crippen molar-refractivity contribution in [3.63, 3.8) is 0 Å². The number of hydrogen-bond donors (Lipinski definition) is 2. The molecule has 0 aromatic heterocycles. The molecule has 0 spiro atoms. The first-order valence-corrected chi connectivity index (χ1v) is 7.57. The highest BCUT2D eigenvalue weighted by atomic mass is 16.5. The van der Waals surface area contributed by atoms with Crippen molar-refractivity contribution in [1.29, 1.82) is 0 Å². The van der Waals surface area contributed by atoms with Crippen LogP contribution in [0.1, 0.15) is 25.3 Å². The Kier molecular flexibility index (Phi) is 6.50. The normalized spacial score (nSPS) is 15.7. The fourth-order valence-corrected chi connectivity index (χ4v) is 2.23. The lowest BCUT2D eigenvalue weighted by atomic mass is 10.1. The average molecular weight is 292 g/mol. The summed E-state index contributed by atoms with van der Waals surface area (Å²) in [6.45, 7) is 5.38. The van der Waals surface area contributed by atoms with Gasteiger partial charge < -0.3 is 20.1 Å². The van der Waals surface area contributed by atoms with E-state index in [9.17, 15) is 4.79 Å². The van der Waals surface area contributed by atoms with E-state index in [2.05, 4.69) is 17.6 Å². The van der Waals surface area contributed by atoms with Crippen molar-refractivity contribution in [3.05, 3.63) is 29.8 Å². The SMILES string of the molecule is CCNCc1ccc(OCC(=O)NC2CCOCC2)cc1. The minimum absolute atomic E-state index is 0.0594. The van der Waals surface area contributed by atoms with Crippen molar-refractivity contribution < 1.29 is 14.3 Å². The van der Waals surface area contributed by atoms with E-state index in [0.717, 1.165) is 44.9 Å². The molecule has 1 aliphatic heterocycles. The number of ether oxygens (including phenoxy) is 2. The van der Waals surface area contributed by atoms with Crippen LogP contribution in [0.15, 0.2) is 24.3 Å². The van der Waals surface area contributed by atoms with Crippen LogP contribution in [0, 0.1) is 0 Å². The molecule has 1 heterocycles. The summed E-state index contributed by atoms with van der Waals surface area (Å²) in [6.07, 6.45) is 1.76. The van der Waals surface area contributed by atoms with Gasteiger partial charge in [-0.1, -0.05) is 19.1 Å². The maximum Gasteiger partial charge on any atom is 0.258 e. The van der Waals surface area contributed by atoms with Crippen LogP contribution in [0.4, 0.5) is 0 Å². The Morgan fingerprint density at radius 3 is 2.67 bits per heavy atom. The Morgan fingerprint density at radius 1 is 1.29 bits per heavy atom. The van der Waals surface area contributed by atoms with E-state index in [0.29, 0.717) is 0 Å². The molecule has 1 saturated heterocycles. The van der Waals surface area contributed by atoms with Crippen LogP contribution in [0.3, 0.4) is 0 Å². The summed E-state index contributed by atoms with van der Waals surface area (Å²) in [5.41, 5.74) is 1.20. The summed E-state index contributed by atoms with van der Waals surface area (Å²) in [7, 11) is 0. The van der Waals surface area contributed by atoms with Crippen molar-refractivity contribution in [2.24, 2.45) is 0 Å². The molecule has 0 atom stereocenters. The number of rotatable bonds is 7. The summed E-state index contributed by atoms with van der Waals surface area (Å²) in [4.78, 5) is 11.8. The molecule has 0 radical (unpaired) electrons. The summed E-state index contributed by atoms with van der Waals surface area (Å²) < 4.78 is 10.8. The first kappa shape index (κ1) is 15.8. The topological polar surface area (TPSA) is 59.6 Å². The lowest BCUT2D eigenvalue weighted by Crippen LogP contribution is -2.41. The summed E-state index contributed by atoms with van der Waals surface area (Å²) >= 11 is 0. The van der Waals surface area contributed by atoms with Gasteiger partial charge in [0.1, 0.15) is 5.75 Å². The lowest BCUT2D eigenvalue weighted by molar-refractivity contribution is -0.124. The molecule has 5 nitrogen and oxygen atoms in total. The Labute approximate surface area is 126 Å². The van der Waals surface area contributed by atoms with Gasteiger partial charge in [0.25, 0.3) is 5.91 Å². The smallest absolute Gasteiger partial charge is 0.258 e. The molecule has 2 N–H and O–H groups in total. The third kappa shape index (κ3) is 5.73. The van der Waals surface area contributed by atoms with Gasteiger partial charge in [-0.2, -0.15) is 0 Å². The third-order valence-corrected chi connectivity index (χ3v) is 3.46. The predicted octanol–water partition coefficient (Wildman–Crippen LogP) is 1.47. The van der Waals surface area contributed by atoms with Gasteiger partial charge in [-0.15, -0.1) is 0 Å².